The molecule has 0 saturated carbocycles. The standard InChI is InChI=1S/C14H14N4O3/c1-9(19)16-11-6-4-10(5-7-11)13(20)17-18-14(21)12-3-2-8-15-12/h2-8,15H,1H3,(H,16,19)(H,17,20)(H,18,21). The summed E-state index contributed by atoms with van der Waals surface area (Å²) in [7, 11) is 0. The quantitative estimate of drug-likeness (QED) is 0.634. The Morgan fingerprint density at radius 2 is 1.62 bits per heavy atom. The molecular formula is C14H14N4O3. The van der Waals surface area contributed by atoms with Crippen LogP contribution in [0, 0.1) is 0 Å². The minimum Gasteiger partial charge on any atom is -0.357 e. The summed E-state index contributed by atoms with van der Waals surface area (Å²) in [6.07, 6.45) is 1.61. The highest BCUT2D eigenvalue weighted by Gasteiger charge is 2.09. The van der Waals surface area contributed by atoms with Gasteiger partial charge in [-0.25, -0.2) is 0 Å². The minimum atomic E-state index is -0.454. The maximum atomic E-state index is 11.8. The van der Waals surface area contributed by atoms with E-state index in [4.69, 9.17) is 0 Å². The molecule has 0 aliphatic heterocycles. The highest BCUT2D eigenvalue weighted by molar-refractivity contribution is 5.98. The predicted octanol–water partition coefficient (Wildman–Crippen LogP) is 1.05. The molecule has 0 aliphatic carbocycles. The van der Waals surface area contributed by atoms with E-state index < -0.39 is 11.8 Å². The van der Waals surface area contributed by atoms with Gasteiger partial charge in [-0.15, -0.1) is 0 Å². The Kier molecular flexibility index (Phi) is 4.35. The summed E-state index contributed by atoms with van der Waals surface area (Å²) in [6, 6.07) is 9.55. The Bertz CT molecular complexity index is 647. The Balaban J connectivity index is 1.91. The summed E-state index contributed by atoms with van der Waals surface area (Å²) < 4.78 is 0. The van der Waals surface area contributed by atoms with Crippen LogP contribution in [0.1, 0.15) is 27.8 Å². The second-order valence-corrected chi connectivity index (χ2v) is 4.25. The summed E-state index contributed by atoms with van der Waals surface area (Å²) in [4.78, 5) is 37.0. The number of hydrogen-bond donors (Lipinski definition) is 4. The highest BCUT2D eigenvalue weighted by atomic mass is 16.2. The highest BCUT2D eigenvalue weighted by Crippen LogP contribution is 2.09. The van der Waals surface area contributed by atoms with Crippen LogP contribution in [0.3, 0.4) is 0 Å². The monoisotopic (exact) mass is 286 g/mol. The Morgan fingerprint density at radius 1 is 0.952 bits per heavy atom. The van der Waals surface area contributed by atoms with E-state index in [0.717, 1.165) is 0 Å². The van der Waals surface area contributed by atoms with E-state index in [-0.39, 0.29) is 5.91 Å². The molecule has 0 atom stereocenters. The van der Waals surface area contributed by atoms with Gasteiger partial charge in [0.2, 0.25) is 5.91 Å². The first-order chi connectivity index (χ1) is 10.1. The first-order valence-electron chi connectivity index (χ1n) is 6.18. The molecule has 21 heavy (non-hydrogen) atoms. The number of aromatic nitrogens is 1. The molecular weight excluding hydrogens is 272 g/mol. The molecule has 0 bridgehead atoms. The third-order valence-electron chi connectivity index (χ3n) is 2.60. The number of hydrogen-bond acceptors (Lipinski definition) is 3. The summed E-state index contributed by atoms with van der Waals surface area (Å²) in [5, 5.41) is 2.60. The molecule has 0 spiro atoms. The van der Waals surface area contributed by atoms with Gasteiger partial charge >= 0.3 is 0 Å². The lowest BCUT2D eigenvalue weighted by Gasteiger charge is -2.07. The van der Waals surface area contributed by atoms with Crippen LogP contribution in [0.5, 0.6) is 0 Å². The lowest BCUT2D eigenvalue weighted by molar-refractivity contribution is -0.114. The molecule has 3 amide bonds. The van der Waals surface area contributed by atoms with Crippen LogP contribution in [0.15, 0.2) is 42.6 Å². The summed E-state index contributed by atoms with van der Waals surface area (Å²) in [5.41, 5.74) is 5.89. The third kappa shape index (κ3) is 3.93. The van der Waals surface area contributed by atoms with Crippen LogP contribution in [0.2, 0.25) is 0 Å². The number of anilines is 1. The van der Waals surface area contributed by atoms with Crippen molar-refractivity contribution in [2.75, 3.05) is 5.32 Å². The number of hydrazine groups is 1. The van der Waals surface area contributed by atoms with Gasteiger partial charge in [0.25, 0.3) is 11.8 Å². The van der Waals surface area contributed by atoms with Crippen LogP contribution in [-0.4, -0.2) is 22.7 Å². The number of nitrogens with one attached hydrogen (secondary N) is 4. The summed E-state index contributed by atoms with van der Waals surface area (Å²) in [5.74, 6) is -1.09. The van der Waals surface area contributed by atoms with Crippen molar-refractivity contribution in [3.05, 3.63) is 53.9 Å². The third-order valence-corrected chi connectivity index (χ3v) is 2.60. The average molecular weight is 286 g/mol. The fraction of sp³-hybridized carbons (Fsp3) is 0.0714. The number of benzene rings is 1. The molecule has 1 aromatic carbocycles. The SMILES string of the molecule is CC(=O)Nc1ccc(C(=O)NNC(=O)c2ccc[nH]2)cc1. The summed E-state index contributed by atoms with van der Waals surface area (Å²) >= 11 is 0. The number of H-pyrrole nitrogens is 1. The van der Waals surface area contributed by atoms with Gasteiger partial charge in [-0.2, -0.15) is 0 Å². The molecule has 0 radical (unpaired) electrons. The molecule has 1 aromatic heterocycles. The van der Waals surface area contributed by atoms with Gasteiger partial charge in [-0.1, -0.05) is 0 Å². The van der Waals surface area contributed by atoms with Crippen molar-refractivity contribution in [2.24, 2.45) is 0 Å². The van der Waals surface area contributed by atoms with Crippen molar-refractivity contribution in [1.29, 1.82) is 0 Å². The zero-order chi connectivity index (χ0) is 15.2. The number of carbonyl (C=O) groups excluding carboxylic acids is 3. The zero-order valence-corrected chi connectivity index (χ0v) is 11.3. The number of rotatable bonds is 3. The number of carbonyl (C=O) groups is 3. The first kappa shape index (κ1) is 14.3. The van der Waals surface area contributed by atoms with Gasteiger partial charge in [0.15, 0.2) is 0 Å². The largest absolute Gasteiger partial charge is 0.357 e. The fourth-order valence-corrected chi connectivity index (χ4v) is 1.63. The first-order valence-corrected chi connectivity index (χ1v) is 6.18. The second-order valence-electron chi connectivity index (χ2n) is 4.25. The summed E-state index contributed by atoms with van der Waals surface area (Å²) in [6.45, 7) is 1.40. The lowest BCUT2D eigenvalue weighted by atomic mass is 10.2. The Labute approximate surface area is 120 Å². The van der Waals surface area contributed by atoms with E-state index in [9.17, 15) is 14.4 Å². The van der Waals surface area contributed by atoms with E-state index in [1.54, 1.807) is 42.6 Å². The van der Waals surface area contributed by atoms with Crippen molar-refractivity contribution in [1.82, 2.24) is 15.8 Å². The molecule has 0 unspecified atom stereocenters. The van der Waals surface area contributed by atoms with Gasteiger partial charge in [0.05, 0.1) is 0 Å². The van der Waals surface area contributed by atoms with E-state index in [1.807, 2.05) is 0 Å². The van der Waals surface area contributed by atoms with Gasteiger partial charge in [0, 0.05) is 24.4 Å². The van der Waals surface area contributed by atoms with E-state index >= 15 is 0 Å². The van der Waals surface area contributed by atoms with Gasteiger partial charge in [0.1, 0.15) is 5.69 Å². The lowest BCUT2D eigenvalue weighted by Crippen LogP contribution is -2.41. The fourth-order valence-electron chi connectivity index (χ4n) is 1.63. The maximum absolute atomic E-state index is 11.8. The van der Waals surface area contributed by atoms with Gasteiger partial charge < -0.3 is 10.3 Å². The van der Waals surface area contributed by atoms with E-state index in [1.165, 1.54) is 6.92 Å². The number of aromatic amines is 1. The predicted molar refractivity (Wildman–Crippen MR) is 76.5 cm³/mol. The molecule has 2 rings (SSSR count). The van der Waals surface area contributed by atoms with Gasteiger partial charge in [-0.3, -0.25) is 25.2 Å². The van der Waals surface area contributed by atoms with Crippen LogP contribution in [0.4, 0.5) is 5.69 Å². The van der Waals surface area contributed by atoms with Crippen molar-refractivity contribution in [3.63, 3.8) is 0 Å². The minimum absolute atomic E-state index is 0.189. The Morgan fingerprint density at radius 3 is 2.19 bits per heavy atom. The molecule has 0 fully saturated rings. The van der Waals surface area contributed by atoms with E-state index in [0.29, 0.717) is 16.9 Å². The van der Waals surface area contributed by atoms with E-state index in [2.05, 4.69) is 21.2 Å². The molecule has 0 aliphatic rings. The van der Waals surface area contributed by atoms with Crippen molar-refractivity contribution >= 4 is 23.4 Å². The van der Waals surface area contributed by atoms with Crippen LogP contribution < -0.4 is 16.2 Å². The van der Waals surface area contributed by atoms with Gasteiger partial charge in [-0.05, 0) is 36.4 Å². The Hall–Kier alpha value is -3.09. The van der Waals surface area contributed by atoms with Crippen LogP contribution >= 0.6 is 0 Å². The maximum Gasteiger partial charge on any atom is 0.286 e. The van der Waals surface area contributed by atoms with Crippen molar-refractivity contribution < 1.29 is 14.4 Å². The molecule has 1 heterocycles. The molecule has 7 nitrogen and oxygen atoms in total. The van der Waals surface area contributed by atoms with Crippen molar-refractivity contribution in [2.45, 2.75) is 6.92 Å². The molecule has 108 valence electrons. The molecule has 2 aromatic rings. The van der Waals surface area contributed by atoms with Crippen LogP contribution in [-0.2, 0) is 4.79 Å². The smallest absolute Gasteiger partial charge is 0.286 e. The van der Waals surface area contributed by atoms with Crippen molar-refractivity contribution in [3.8, 4) is 0 Å². The molecule has 7 heteroatoms. The second kappa shape index (κ2) is 6.38. The zero-order valence-electron chi connectivity index (χ0n) is 11.3. The average Bonchev–Trinajstić information content (AvgIpc) is 2.99. The molecule has 0 saturated heterocycles. The molecule has 4 N–H and O–H groups in total. The van der Waals surface area contributed by atoms with Crippen LogP contribution in [0.25, 0.3) is 0 Å². The number of amides is 3. The topological polar surface area (TPSA) is 103 Å². The normalized spacial score (nSPS) is 9.76.